The number of oxime groups is 1. The second-order valence-corrected chi connectivity index (χ2v) is 4.95. The quantitative estimate of drug-likeness (QED) is 0.298. The molecule has 1 amide bonds. The lowest BCUT2D eigenvalue weighted by Gasteiger charge is -2.17. The molecule has 2 aromatic carbocycles. The summed E-state index contributed by atoms with van der Waals surface area (Å²) in [4.78, 5) is 24.1. The topological polar surface area (TPSA) is 90.2 Å². The van der Waals surface area contributed by atoms with Gasteiger partial charge in [0.2, 0.25) is 0 Å². The molecular formula is C17H16N2O4. The molecule has 2 aromatic rings. The van der Waals surface area contributed by atoms with Crippen LogP contribution in [-0.2, 0) is 0 Å². The molecule has 0 atom stereocenters. The molecule has 0 radical (unpaired) electrons. The van der Waals surface area contributed by atoms with Crippen molar-refractivity contribution in [3.63, 3.8) is 0 Å². The first-order valence-electron chi connectivity index (χ1n) is 6.88. The molecule has 0 saturated carbocycles. The number of nitrogens with zero attached hydrogens (tertiary/aromatic N) is 2. The number of benzene rings is 2. The van der Waals surface area contributed by atoms with Gasteiger partial charge in [-0.1, -0.05) is 35.5 Å². The number of rotatable bonds is 4. The monoisotopic (exact) mass is 312 g/mol. The van der Waals surface area contributed by atoms with Crippen LogP contribution in [0.3, 0.4) is 0 Å². The average molecular weight is 312 g/mol. The minimum absolute atomic E-state index is 0.112. The standard InChI is InChI=1S/C17H16N2O4/c1-11(18-22)13-6-5-7-14(10-13)19(23)17(21)16-9-4-3-8-15(16)12(2)20/h3-10,22-23H,1-2H3/b18-11+. The first kappa shape index (κ1) is 16.4. The van der Waals surface area contributed by atoms with E-state index in [0.29, 0.717) is 16.3 Å². The first-order valence-corrected chi connectivity index (χ1v) is 6.88. The number of hydroxylamine groups is 1. The summed E-state index contributed by atoms with van der Waals surface area (Å²) in [5.41, 5.74) is 1.45. The van der Waals surface area contributed by atoms with E-state index in [1.54, 1.807) is 31.2 Å². The van der Waals surface area contributed by atoms with Crippen molar-refractivity contribution < 1.29 is 20.0 Å². The fourth-order valence-corrected chi connectivity index (χ4v) is 2.13. The van der Waals surface area contributed by atoms with Gasteiger partial charge in [-0.05, 0) is 32.0 Å². The maximum atomic E-state index is 12.5. The highest BCUT2D eigenvalue weighted by atomic mass is 16.5. The Morgan fingerprint density at radius 3 is 2.26 bits per heavy atom. The maximum Gasteiger partial charge on any atom is 0.282 e. The van der Waals surface area contributed by atoms with Crippen LogP contribution in [0.5, 0.6) is 0 Å². The summed E-state index contributed by atoms with van der Waals surface area (Å²) in [7, 11) is 0. The molecule has 0 fully saturated rings. The van der Waals surface area contributed by atoms with Crippen molar-refractivity contribution in [2.75, 3.05) is 5.06 Å². The number of Topliss-reactive ketones (excluding diaryl/α,β-unsaturated/α-hetero) is 1. The summed E-state index contributed by atoms with van der Waals surface area (Å²) in [6, 6.07) is 12.6. The zero-order valence-corrected chi connectivity index (χ0v) is 12.7. The third-order valence-corrected chi connectivity index (χ3v) is 3.39. The van der Waals surface area contributed by atoms with Gasteiger partial charge in [0.15, 0.2) is 5.78 Å². The Bertz CT molecular complexity index is 784. The van der Waals surface area contributed by atoms with Crippen LogP contribution in [0.2, 0.25) is 0 Å². The summed E-state index contributed by atoms with van der Waals surface area (Å²) in [5.74, 6) is -0.981. The highest BCUT2D eigenvalue weighted by molar-refractivity contribution is 6.12. The number of hydrogen-bond acceptors (Lipinski definition) is 5. The molecule has 0 aromatic heterocycles. The number of amides is 1. The molecule has 118 valence electrons. The molecule has 0 aliphatic heterocycles. The zero-order chi connectivity index (χ0) is 17.0. The molecule has 2 rings (SSSR count). The highest BCUT2D eigenvalue weighted by Crippen LogP contribution is 2.19. The van der Waals surface area contributed by atoms with Gasteiger partial charge in [0.25, 0.3) is 5.91 Å². The molecule has 0 saturated heterocycles. The predicted octanol–water partition coefficient (Wildman–Crippen LogP) is 3.12. The van der Waals surface area contributed by atoms with E-state index >= 15 is 0 Å². The number of hydrogen-bond donors (Lipinski definition) is 2. The third kappa shape index (κ3) is 3.44. The largest absolute Gasteiger partial charge is 0.411 e. The van der Waals surface area contributed by atoms with Gasteiger partial charge in [0, 0.05) is 11.1 Å². The number of anilines is 1. The second-order valence-electron chi connectivity index (χ2n) is 4.95. The Kier molecular flexibility index (Phi) is 4.88. The van der Waals surface area contributed by atoms with E-state index in [2.05, 4.69) is 5.16 Å². The molecule has 0 heterocycles. The van der Waals surface area contributed by atoms with Crippen LogP contribution in [0.1, 0.15) is 40.1 Å². The molecule has 6 heteroatoms. The molecule has 0 bridgehead atoms. The van der Waals surface area contributed by atoms with Gasteiger partial charge in [-0.3, -0.25) is 14.8 Å². The lowest BCUT2D eigenvalue weighted by Crippen LogP contribution is -2.28. The SMILES string of the molecule is CC(=O)c1ccccc1C(=O)N(O)c1cccc(/C(C)=N/O)c1. The summed E-state index contributed by atoms with van der Waals surface area (Å²) in [6.45, 7) is 2.95. The van der Waals surface area contributed by atoms with E-state index in [0.717, 1.165) is 0 Å². The van der Waals surface area contributed by atoms with E-state index in [-0.39, 0.29) is 22.6 Å². The van der Waals surface area contributed by atoms with Crippen molar-refractivity contribution in [1.82, 2.24) is 0 Å². The molecule has 2 N–H and O–H groups in total. The van der Waals surface area contributed by atoms with Crippen molar-refractivity contribution in [2.45, 2.75) is 13.8 Å². The number of carbonyl (C=O) groups excluding carboxylic acids is 2. The van der Waals surface area contributed by atoms with E-state index in [1.807, 2.05) is 0 Å². The Hall–Kier alpha value is -2.99. The highest BCUT2D eigenvalue weighted by Gasteiger charge is 2.20. The number of carbonyl (C=O) groups is 2. The molecule has 6 nitrogen and oxygen atoms in total. The maximum absolute atomic E-state index is 12.5. The smallest absolute Gasteiger partial charge is 0.282 e. The van der Waals surface area contributed by atoms with Crippen LogP contribution in [0.4, 0.5) is 5.69 Å². The van der Waals surface area contributed by atoms with Gasteiger partial charge in [-0.25, -0.2) is 0 Å². The van der Waals surface area contributed by atoms with Crippen molar-refractivity contribution in [3.05, 3.63) is 65.2 Å². The van der Waals surface area contributed by atoms with E-state index in [1.165, 1.54) is 31.2 Å². The summed E-state index contributed by atoms with van der Waals surface area (Å²) in [6.07, 6.45) is 0. The van der Waals surface area contributed by atoms with E-state index in [9.17, 15) is 14.8 Å². The van der Waals surface area contributed by atoms with Crippen LogP contribution in [0.15, 0.2) is 53.7 Å². The molecule has 0 aliphatic rings. The molecule has 0 unspecified atom stereocenters. The fraction of sp³-hybridized carbons (Fsp3) is 0.118. The van der Waals surface area contributed by atoms with Gasteiger partial charge in [0.1, 0.15) is 0 Å². The minimum atomic E-state index is -0.716. The Balaban J connectivity index is 2.40. The van der Waals surface area contributed by atoms with Gasteiger partial charge < -0.3 is 5.21 Å². The molecule has 23 heavy (non-hydrogen) atoms. The normalized spacial score (nSPS) is 11.2. The Morgan fingerprint density at radius 2 is 1.65 bits per heavy atom. The van der Waals surface area contributed by atoms with Crippen LogP contribution in [0.25, 0.3) is 0 Å². The minimum Gasteiger partial charge on any atom is -0.411 e. The van der Waals surface area contributed by atoms with Crippen LogP contribution >= 0.6 is 0 Å². The average Bonchev–Trinajstić information content (AvgIpc) is 2.59. The molecular weight excluding hydrogens is 296 g/mol. The summed E-state index contributed by atoms with van der Waals surface area (Å²) < 4.78 is 0. The lowest BCUT2D eigenvalue weighted by molar-refractivity contribution is 0.0848. The summed E-state index contributed by atoms with van der Waals surface area (Å²) in [5, 5.41) is 22.6. The lowest BCUT2D eigenvalue weighted by atomic mass is 10.0. The van der Waals surface area contributed by atoms with E-state index in [4.69, 9.17) is 5.21 Å². The van der Waals surface area contributed by atoms with Crippen molar-refractivity contribution in [1.29, 1.82) is 0 Å². The van der Waals surface area contributed by atoms with Gasteiger partial charge in [-0.15, -0.1) is 0 Å². The predicted molar refractivity (Wildman–Crippen MR) is 85.5 cm³/mol. The van der Waals surface area contributed by atoms with E-state index < -0.39 is 5.91 Å². The number of ketones is 1. The van der Waals surface area contributed by atoms with Crippen molar-refractivity contribution in [3.8, 4) is 0 Å². The van der Waals surface area contributed by atoms with Crippen molar-refractivity contribution in [2.24, 2.45) is 5.16 Å². The van der Waals surface area contributed by atoms with Crippen LogP contribution < -0.4 is 5.06 Å². The molecule has 0 spiro atoms. The molecule has 0 aliphatic carbocycles. The van der Waals surface area contributed by atoms with Crippen LogP contribution in [-0.4, -0.2) is 27.8 Å². The summed E-state index contributed by atoms with van der Waals surface area (Å²) >= 11 is 0. The Labute approximate surface area is 133 Å². The Morgan fingerprint density at radius 1 is 1.00 bits per heavy atom. The van der Waals surface area contributed by atoms with Gasteiger partial charge >= 0.3 is 0 Å². The first-order chi connectivity index (χ1) is 11.0. The third-order valence-electron chi connectivity index (χ3n) is 3.39. The fourth-order valence-electron chi connectivity index (χ4n) is 2.13. The van der Waals surface area contributed by atoms with Gasteiger partial charge in [-0.2, -0.15) is 5.06 Å². The second kappa shape index (κ2) is 6.85. The zero-order valence-electron chi connectivity index (χ0n) is 12.7. The van der Waals surface area contributed by atoms with Crippen molar-refractivity contribution >= 4 is 23.1 Å². The van der Waals surface area contributed by atoms with Gasteiger partial charge in [0.05, 0.1) is 17.0 Å². The van der Waals surface area contributed by atoms with Crippen LogP contribution in [0, 0.1) is 0 Å².